The zero-order valence-corrected chi connectivity index (χ0v) is 16.1. The van der Waals surface area contributed by atoms with Crippen molar-refractivity contribution in [1.29, 1.82) is 0 Å². The van der Waals surface area contributed by atoms with E-state index in [4.69, 9.17) is 4.74 Å². The summed E-state index contributed by atoms with van der Waals surface area (Å²) >= 11 is 0. The van der Waals surface area contributed by atoms with Gasteiger partial charge in [0.2, 0.25) is 11.8 Å². The molecule has 0 aliphatic heterocycles. The molecule has 1 aromatic rings. The van der Waals surface area contributed by atoms with Gasteiger partial charge in [-0.25, -0.2) is 0 Å². The number of ether oxygens (including phenoxy) is 1. The number of carbonyl (C=O) groups is 2. The largest absolute Gasteiger partial charge is 0.385 e. The van der Waals surface area contributed by atoms with Gasteiger partial charge >= 0.3 is 0 Å². The number of aryl methyl sites for hydroxylation is 1. The SMILES string of the molecule is CCN(CC)c1ccc(NC(=O)CN(CCCOC)C(C)=O)c(C)c1. The lowest BCUT2D eigenvalue weighted by Crippen LogP contribution is -2.37. The van der Waals surface area contributed by atoms with E-state index in [2.05, 4.69) is 30.1 Å². The number of hydrogen-bond donors (Lipinski definition) is 1. The number of amides is 2. The summed E-state index contributed by atoms with van der Waals surface area (Å²) in [5, 5.41) is 2.91. The van der Waals surface area contributed by atoms with E-state index in [0.717, 1.165) is 30.0 Å². The Morgan fingerprint density at radius 1 is 1.20 bits per heavy atom. The molecule has 0 atom stereocenters. The van der Waals surface area contributed by atoms with Crippen LogP contribution in [0.5, 0.6) is 0 Å². The van der Waals surface area contributed by atoms with Crippen molar-refractivity contribution in [2.24, 2.45) is 0 Å². The van der Waals surface area contributed by atoms with Crippen LogP contribution in [0.15, 0.2) is 18.2 Å². The Morgan fingerprint density at radius 3 is 2.40 bits per heavy atom. The molecule has 1 aromatic carbocycles. The maximum Gasteiger partial charge on any atom is 0.244 e. The molecule has 0 aromatic heterocycles. The van der Waals surface area contributed by atoms with Gasteiger partial charge in [0.25, 0.3) is 0 Å². The fourth-order valence-corrected chi connectivity index (χ4v) is 2.68. The first kappa shape index (κ1) is 21.0. The average Bonchev–Trinajstić information content (AvgIpc) is 2.57. The molecule has 2 amide bonds. The van der Waals surface area contributed by atoms with Gasteiger partial charge in [0, 0.05) is 51.6 Å². The van der Waals surface area contributed by atoms with Crippen LogP contribution in [0.4, 0.5) is 11.4 Å². The molecule has 1 rings (SSSR count). The van der Waals surface area contributed by atoms with Crippen molar-refractivity contribution in [2.75, 3.05) is 50.1 Å². The summed E-state index contributed by atoms with van der Waals surface area (Å²) in [6.45, 7) is 10.7. The first-order valence-electron chi connectivity index (χ1n) is 8.82. The second kappa shape index (κ2) is 10.7. The number of hydrogen-bond acceptors (Lipinski definition) is 4. The lowest BCUT2D eigenvalue weighted by Gasteiger charge is -2.23. The maximum atomic E-state index is 12.3. The van der Waals surface area contributed by atoms with E-state index >= 15 is 0 Å². The van der Waals surface area contributed by atoms with Crippen molar-refractivity contribution >= 4 is 23.2 Å². The predicted molar refractivity (Wildman–Crippen MR) is 102 cm³/mol. The molecule has 0 aliphatic rings. The molecule has 6 nitrogen and oxygen atoms in total. The van der Waals surface area contributed by atoms with Gasteiger partial charge in [-0.3, -0.25) is 9.59 Å². The van der Waals surface area contributed by atoms with Gasteiger partial charge in [0.1, 0.15) is 0 Å². The van der Waals surface area contributed by atoms with Gasteiger partial charge in [-0.1, -0.05) is 0 Å². The third-order valence-corrected chi connectivity index (χ3v) is 4.17. The van der Waals surface area contributed by atoms with Crippen LogP contribution in [0.1, 0.15) is 32.8 Å². The molecule has 0 aliphatic carbocycles. The normalized spacial score (nSPS) is 10.4. The Labute approximate surface area is 151 Å². The van der Waals surface area contributed by atoms with E-state index in [9.17, 15) is 9.59 Å². The van der Waals surface area contributed by atoms with Crippen LogP contribution in [0.25, 0.3) is 0 Å². The highest BCUT2D eigenvalue weighted by Gasteiger charge is 2.14. The topological polar surface area (TPSA) is 61.9 Å². The van der Waals surface area contributed by atoms with Crippen LogP contribution in [0, 0.1) is 6.92 Å². The first-order valence-corrected chi connectivity index (χ1v) is 8.82. The molecule has 25 heavy (non-hydrogen) atoms. The number of rotatable bonds is 10. The predicted octanol–water partition coefficient (Wildman–Crippen LogP) is 2.66. The number of nitrogens with one attached hydrogen (secondary N) is 1. The molecule has 1 N–H and O–H groups in total. The second-order valence-electron chi connectivity index (χ2n) is 6.01. The fourth-order valence-electron chi connectivity index (χ4n) is 2.68. The monoisotopic (exact) mass is 349 g/mol. The van der Waals surface area contributed by atoms with Gasteiger partial charge in [0.15, 0.2) is 0 Å². The summed E-state index contributed by atoms with van der Waals surface area (Å²) in [6.07, 6.45) is 0.709. The molecule has 6 heteroatoms. The summed E-state index contributed by atoms with van der Waals surface area (Å²) in [4.78, 5) is 27.8. The Hall–Kier alpha value is -2.08. The third-order valence-electron chi connectivity index (χ3n) is 4.17. The van der Waals surface area contributed by atoms with Gasteiger partial charge in [-0.15, -0.1) is 0 Å². The summed E-state index contributed by atoms with van der Waals surface area (Å²) in [5.41, 5.74) is 2.93. The summed E-state index contributed by atoms with van der Waals surface area (Å²) in [7, 11) is 1.62. The molecular formula is C19H31N3O3. The number of nitrogens with zero attached hydrogens (tertiary/aromatic N) is 2. The Balaban J connectivity index is 2.70. The van der Waals surface area contributed by atoms with E-state index in [1.54, 1.807) is 7.11 Å². The van der Waals surface area contributed by atoms with Crippen LogP contribution in [-0.2, 0) is 14.3 Å². The standard InChI is InChI=1S/C19H31N3O3/c1-6-21(7-2)17-9-10-18(15(3)13-17)20-19(24)14-22(16(4)23)11-8-12-25-5/h9-10,13H,6-8,11-12,14H2,1-5H3,(H,20,24). The minimum absolute atomic E-state index is 0.0519. The molecule has 0 bridgehead atoms. The highest BCUT2D eigenvalue weighted by Crippen LogP contribution is 2.22. The molecule has 0 heterocycles. The molecule has 140 valence electrons. The second-order valence-corrected chi connectivity index (χ2v) is 6.01. The smallest absolute Gasteiger partial charge is 0.244 e. The van der Waals surface area contributed by atoms with Crippen LogP contribution in [0.3, 0.4) is 0 Å². The van der Waals surface area contributed by atoms with Gasteiger partial charge < -0.3 is 19.9 Å². The Kier molecular flexibility index (Phi) is 8.99. The maximum absolute atomic E-state index is 12.3. The minimum Gasteiger partial charge on any atom is -0.385 e. The van der Waals surface area contributed by atoms with E-state index in [1.807, 2.05) is 19.1 Å². The number of carbonyl (C=O) groups excluding carboxylic acids is 2. The third kappa shape index (κ3) is 6.74. The van der Waals surface area contributed by atoms with E-state index in [1.165, 1.54) is 11.8 Å². The van der Waals surface area contributed by atoms with Gasteiger partial charge in [-0.05, 0) is 51.0 Å². The van der Waals surface area contributed by atoms with Crippen molar-refractivity contribution in [3.8, 4) is 0 Å². The lowest BCUT2D eigenvalue weighted by molar-refractivity contribution is -0.132. The molecular weight excluding hydrogens is 318 g/mol. The Morgan fingerprint density at radius 2 is 1.88 bits per heavy atom. The van der Waals surface area contributed by atoms with Crippen LogP contribution in [-0.4, -0.2) is 56.6 Å². The van der Waals surface area contributed by atoms with Gasteiger partial charge in [-0.2, -0.15) is 0 Å². The average molecular weight is 349 g/mol. The zero-order chi connectivity index (χ0) is 18.8. The summed E-state index contributed by atoms with van der Waals surface area (Å²) in [6, 6.07) is 6.00. The van der Waals surface area contributed by atoms with Crippen LogP contribution in [0.2, 0.25) is 0 Å². The minimum atomic E-state index is -0.189. The van der Waals surface area contributed by atoms with Gasteiger partial charge in [0.05, 0.1) is 6.54 Å². The van der Waals surface area contributed by atoms with E-state index < -0.39 is 0 Å². The molecule has 0 fully saturated rings. The molecule has 0 saturated carbocycles. The highest BCUT2D eigenvalue weighted by atomic mass is 16.5. The quantitative estimate of drug-likeness (QED) is 0.660. The van der Waals surface area contributed by atoms with E-state index in [0.29, 0.717) is 19.6 Å². The first-order chi connectivity index (χ1) is 11.9. The summed E-state index contributed by atoms with van der Waals surface area (Å²) in [5.74, 6) is -0.300. The molecule has 0 spiro atoms. The van der Waals surface area contributed by atoms with E-state index in [-0.39, 0.29) is 18.4 Å². The van der Waals surface area contributed by atoms with Crippen molar-refractivity contribution in [2.45, 2.75) is 34.1 Å². The highest BCUT2D eigenvalue weighted by molar-refractivity contribution is 5.95. The number of anilines is 2. The molecule has 0 saturated heterocycles. The van der Waals surface area contributed by atoms with Crippen molar-refractivity contribution in [1.82, 2.24) is 4.90 Å². The van der Waals surface area contributed by atoms with Crippen molar-refractivity contribution < 1.29 is 14.3 Å². The number of methoxy groups -OCH3 is 1. The van der Waals surface area contributed by atoms with Crippen LogP contribution < -0.4 is 10.2 Å². The summed E-state index contributed by atoms with van der Waals surface area (Å²) < 4.78 is 4.99. The fraction of sp³-hybridized carbons (Fsp3) is 0.579. The molecule has 0 radical (unpaired) electrons. The molecule has 0 unspecified atom stereocenters. The Bertz CT molecular complexity index is 571. The lowest BCUT2D eigenvalue weighted by atomic mass is 10.1. The van der Waals surface area contributed by atoms with Crippen molar-refractivity contribution in [3.63, 3.8) is 0 Å². The number of benzene rings is 1. The zero-order valence-electron chi connectivity index (χ0n) is 16.1. The van der Waals surface area contributed by atoms with Crippen molar-refractivity contribution in [3.05, 3.63) is 23.8 Å². The van der Waals surface area contributed by atoms with Crippen LogP contribution >= 0.6 is 0 Å².